The zero-order valence-electron chi connectivity index (χ0n) is 10.4. The summed E-state index contributed by atoms with van der Waals surface area (Å²) < 4.78 is 0. The van der Waals surface area contributed by atoms with Crippen LogP contribution >= 0.6 is 0 Å². The van der Waals surface area contributed by atoms with Gasteiger partial charge in [-0.1, -0.05) is 13.3 Å². The molecule has 0 spiro atoms. The summed E-state index contributed by atoms with van der Waals surface area (Å²) in [5.41, 5.74) is -0.426. The molecule has 2 N–H and O–H groups in total. The summed E-state index contributed by atoms with van der Waals surface area (Å²) in [6.45, 7) is 9.28. The zero-order valence-corrected chi connectivity index (χ0v) is 10.4. The Morgan fingerprint density at radius 2 is 2.20 bits per heavy atom. The monoisotopic (exact) mass is 212 g/mol. The lowest BCUT2D eigenvalue weighted by Crippen LogP contribution is -2.56. The molecule has 1 rings (SSSR count). The Balaban J connectivity index is 2.54. The van der Waals surface area contributed by atoms with E-state index in [2.05, 4.69) is 31.4 Å². The van der Waals surface area contributed by atoms with Gasteiger partial charge < -0.3 is 10.6 Å². The first-order chi connectivity index (χ1) is 6.90. The quantitative estimate of drug-likeness (QED) is 0.746. The maximum Gasteiger partial charge on any atom is 0.240 e. The number of rotatable bonds is 4. The number of carbonyl (C=O) groups excluding carboxylic acids is 1. The molecule has 3 nitrogen and oxygen atoms in total. The predicted octanol–water partition coefficient (Wildman–Crippen LogP) is 1.82. The predicted molar refractivity (Wildman–Crippen MR) is 62.8 cm³/mol. The summed E-state index contributed by atoms with van der Waals surface area (Å²) in [7, 11) is 0. The first kappa shape index (κ1) is 12.5. The van der Waals surface area contributed by atoms with Crippen LogP contribution in [0, 0.1) is 0 Å². The lowest BCUT2D eigenvalue weighted by molar-refractivity contribution is -0.128. The highest BCUT2D eigenvalue weighted by Crippen LogP contribution is 2.20. The van der Waals surface area contributed by atoms with Crippen molar-refractivity contribution in [3.05, 3.63) is 0 Å². The molecule has 0 saturated carbocycles. The van der Waals surface area contributed by atoms with Crippen molar-refractivity contribution in [2.24, 2.45) is 0 Å². The topological polar surface area (TPSA) is 41.1 Å². The molecule has 15 heavy (non-hydrogen) atoms. The highest BCUT2D eigenvalue weighted by Gasteiger charge is 2.37. The van der Waals surface area contributed by atoms with Crippen LogP contribution in [0.15, 0.2) is 0 Å². The van der Waals surface area contributed by atoms with Crippen molar-refractivity contribution in [3.8, 4) is 0 Å². The van der Waals surface area contributed by atoms with Crippen LogP contribution in [0.25, 0.3) is 0 Å². The van der Waals surface area contributed by atoms with E-state index in [1.165, 1.54) is 0 Å². The molecule has 1 amide bonds. The molecule has 1 atom stereocenters. The molecule has 1 unspecified atom stereocenters. The van der Waals surface area contributed by atoms with Gasteiger partial charge in [0.1, 0.15) is 0 Å². The first-order valence-corrected chi connectivity index (χ1v) is 5.97. The third-order valence-corrected chi connectivity index (χ3v) is 3.20. The molecule has 0 aromatic heterocycles. The van der Waals surface area contributed by atoms with Crippen LogP contribution in [0.4, 0.5) is 0 Å². The molecule has 88 valence electrons. The second-order valence-electron chi connectivity index (χ2n) is 5.45. The average molecular weight is 212 g/mol. The zero-order chi connectivity index (χ0) is 11.5. The van der Waals surface area contributed by atoms with Gasteiger partial charge in [-0.2, -0.15) is 0 Å². The molecule has 0 aromatic rings. The Morgan fingerprint density at radius 3 is 2.67 bits per heavy atom. The highest BCUT2D eigenvalue weighted by molar-refractivity contribution is 5.86. The van der Waals surface area contributed by atoms with Crippen molar-refractivity contribution >= 4 is 5.91 Å². The smallest absolute Gasteiger partial charge is 0.240 e. The van der Waals surface area contributed by atoms with Gasteiger partial charge in [0.2, 0.25) is 5.91 Å². The fourth-order valence-corrected chi connectivity index (χ4v) is 2.22. The lowest BCUT2D eigenvalue weighted by atomic mass is 9.94. The molecule has 1 saturated heterocycles. The number of amides is 1. The Morgan fingerprint density at radius 1 is 1.53 bits per heavy atom. The maximum absolute atomic E-state index is 12.1. The van der Waals surface area contributed by atoms with E-state index in [9.17, 15) is 4.79 Å². The van der Waals surface area contributed by atoms with Gasteiger partial charge in [-0.05, 0) is 46.6 Å². The lowest BCUT2D eigenvalue weighted by Gasteiger charge is -2.31. The van der Waals surface area contributed by atoms with Crippen molar-refractivity contribution in [1.82, 2.24) is 10.6 Å². The van der Waals surface area contributed by atoms with E-state index in [0.717, 1.165) is 32.2 Å². The second-order valence-corrected chi connectivity index (χ2v) is 5.45. The Bertz CT molecular complexity index is 230. The molecule has 1 aliphatic rings. The van der Waals surface area contributed by atoms with E-state index in [1.807, 2.05) is 6.92 Å². The Kier molecular flexibility index (Phi) is 3.77. The highest BCUT2D eigenvalue weighted by atomic mass is 16.2. The summed E-state index contributed by atoms with van der Waals surface area (Å²) in [5.74, 6) is 0.151. The molecule has 0 bridgehead atoms. The third kappa shape index (κ3) is 3.20. The van der Waals surface area contributed by atoms with Gasteiger partial charge in [0.15, 0.2) is 0 Å². The van der Waals surface area contributed by atoms with Crippen LogP contribution in [0.2, 0.25) is 0 Å². The number of hydrogen-bond donors (Lipinski definition) is 2. The van der Waals surface area contributed by atoms with E-state index < -0.39 is 0 Å². The van der Waals surface area contributed by atoms with E-state index in [4.69, 9.17) is 0 Å². The van der Waals surface area contributed by atoms with Crippen LogP contribution in [0.1, 0.15) is 53.4 Å². The minimum absolute atomic E-state index is 0.0842. The summed E-state index contributed by atoms with van der Waals surface area (Å²) in [4.78, 5) is 12.1. The maximum atomic E-state index is 12.1. The van der Waals surface area contributed by atoms with Crippen molar-refractivity contribution < 1.29 is 4.79 Å². The number of nitrogens with one attached hydrogen (secondary N) is 2. The molecular formula is C12H24N2O. The minimum Gasteiger partial charge on any atom is -0.350 e. The van der Waals surface area contributed by atoms with Crippen molar-refractivity contribution in [2.45, 2.75) is 64.5 Å². The van der Waals surface area contributed by atoms with Gasteiger partial charge in [-0.25, -0.2) is 0 Å². The molecule has 3 heteroatoms. The fraction of sp³-hybridized carbons (Fsp3) is 0.917. The van der Waals surface area contributed by atoms with Crippen molar-refractivity contribution in [3.63, 3.8) is 0 Å². The van der Waals surface area contributed by atoms with Crippen LogP contribution in [0.3, 0.4) is 0 Å². The van der Waals surface area contributed by atoms with Gasteiger partial charge in [0.25, 0.3) is 0 Å². The molecule has 1 fully saturated rings. The second kappa shape index (κ2) is 4.52. The minimum atomic E-state index is -0.342. The van der Waals surface area contributed by atoms with Gasteiger partial charge in [-0.3, -0.25) is 4.79 Å². The molecule has 0 aliphatic carbocycles. The van der Waals surface area contributed by atoms with Gasteiger partial charge in [0, 0.05) is 5.54 Å². The third-order valence-electron chi connectivity index (χ3n) is 3.20. The Labute approximate surface area is 93.0 Å². The fourth-order valence-electron chi connectivity index (χ4n) is 2.22. The van der Waals surface area contributed by atoms with Crippen LogP contribution in [-0.2, 0) is 4.79 Å². The van der Waals surface area contributed by atoms with Gasteiger partial charge in [-0.15, -0.1) is 0 Å². The van der Waals surface area contributed by atoms with Crippen LogP contribution < -0.4 is 10.6 Å². The van der Waals surface area contributed by atoms with E-state index in [1.54, 1.807) is 0 Å². The largest absolute Gasteiger partial charge is 0.350 e. The Hall–Kier alpha value is -0.570. The van der Waals surface area contributed by atoms with Crippen molar-refractivity contribution in [2.75, 3.05) is 6.54 Å². The van der Waals surface area contributed by atoms with Crippen molar-refractivity contribution in [1.29, 1.82) is 0 Å². The van der Waals surface area contributed by atoms with Crippen LogP contribution in [0.5, 0.6) is 0 Å². The van der Waals surface area contributed by atoms with E-state index >= 15 is 0 Å². The van der Waals surface area contributed by atoms with Crippen LogP contribution in [-0.4, -0.2) is 23.5 Å². The first-order valence-electron chi connectivity index (χ1n) is 5.97. The molecule has 1 aliphatic heterocycles. The number of hydrogen-bond acceptors (Lipinski definition) is 2. The number of carbonyl (C=O) groups is 1. The summed E-state index contributed by atoms with van der Waals surface area (Å²) in [5, 5.41) is 6.42. The summed E-state index contributed by atoms with van der Waals surface area (Å²) >= 11 is 0. The normalized spacial score (nSPS) is 26.7. The molecular weight excluding hydrogens is 188 g/mol. The molecule has 0 aromatic carbocycles. The molecule has 0 radical (unpaired) electrons. The van der Waals surface area contributed by atoms with Gasteiger partial charge in [0.05, 0.1) is 5.54 Å². The van der Waals surface area contributed by atoms with E-state index in [-0.39, 0.29) is 17.0 Å². The summed E-state index contributed by atoms with van der Waals surface area (Å²) in [6.07, 6.45) is 4.16. The van der Waals surface area contributed by atoms with E-state index in [0.29, 0.717) is 0 Å². The summed E-state index contributed by atoms with van der Waals surface area (Å²) in [6, 6.07) is 0. The van der Waals surface area contributed by atoms with Gasteiger partial charge >= 0.3 is 0 Å². The average Bonchev–Trinajstić information content (AvgIpc) is 2.52. The SMILES string of the molecule is CCCC(C)(C)NC(=O)C1(C)CCCN1. The molecule has 1 heterocycles. The standard InChI is InChI=1S/C12H24N2O/c1-5-7-11(2,3)14-10(15)12(4)8-6-9-13-12/h13H,5-9H2,1-4H3,(H,14,15).